The summed E-state index contributed by atoms with van der Waals surface area (Å²) in [7, 11) is 1.54. The molecule has 0 aromatic heterocycles. The highest BCUT2D eigenvalue weighted by Crippen LogP contribution is 2.25. The van der Waals surface area contributed by atoms with Crippen molar-refractivity contribution >= 4 is 5.69 Å². The number of nitro benzene ring substituents is 1. The predicted octanol–water partition coefficient (Wildman–Crippen LogP) is 2.60. The maximum Gasteiger partial charge on any atom is 0.270 e. The molecule has 23 heavy (non-hydrogen) atoms. The molecule has 0 aliphatic rings. The average molecular weight is 316 g/mol. The summed E-state index contributed by atoms with van der Waals surface area (Å²) in [5.74, 6) is 0.603. The van der Waals surface area contributed by atoms with E-state index in [0.717, 1.165) is 11.1 Å². The topological polar surface area (TPSA) is 75.8 Å². The Hall–Kier alpha value is -2.44. The fourth-order valence-corrected chi connectivity index (χ4v) is 2.44. The van der Waals surface area contributed by atoms with Gasteiger partial charge >= 0.3 is 0 Å². The first-order valence-corrected chi connectivity index (χ1v) is 7.32. The van der Waals surface area contributed by atoms with Crippen molar-refractivity contribution in [2.45, 2.75) is 13.1 Å². The molecule has 0 radical (unpaired) electrons. The van der Waals surface area contributed by atoms with Crippen molar-refractivity contribution in [2.24, 2.45) is 0 Å². The summed E-state index contributed by atoms with van der Waals surface area (Å²) in [4.78, 5) is 12.6. The van der Waals surface area contributed by atoms with Gasteiger partial charge in [-0.1, -0.05) is 30.3 Å². The Morgan fingerprint density at radius 1 is 1.17 bits per heavy atom. The van der Waals surface area contributed by atoms with Crippen LogP contribution in [-0.2, 0) is 13.1 Å². The first-order valence-electron chi connectivity index (χ1n) is 7.32. The molecule has 0 fully saturated rings. The number of rotatable bonds is 8. The van der Waals surface area contributed by atoms with E-state index in [9.17, 15) is 15.2 Å². The highest BCUT2D eigenvalue weighted by atomic mass is 16.6. The number of non-ortho nitro benzene ring substituents is 1. The van der Waals surface area contributed by atoms with Crippen LogP contribution < -0.4 is 4.74 Å². The second-order valence-electron chi connectivity index (χ2n) is 5.17. The standard InChI is InChI=1S/C17H20N2O4/c1-23-17-8-7-16(19(21)22)11-15(17)13-18(9-10-20)12-14-5-3-2-4-6-14/h2-8,11,20H,9-10,12-13H2,1H3. The molecule has 0 amide bonds. The van der Waals surface area contributed by atoms with Crippen LogP contribution in [0.5, 0.6) is 5.75 Å². The lowest BCUT2D eigenvalue weighted by Gasteiger charge is -2.22. The van der Waals surface area contributed by atoms with Crippen molar-refractivity contribution < 1.29 is 14.8 Å². The summed E-state index contributed by atoms with van der Waals surface area (Å²) in [6.07, 6.45) is 0. The predicted molar refractivity (Wildman–Crippen MR) is 87.3 cm³/mol. The van der Waals surface area contributed by atoms with Gasteiger partial charge in [-0.3, -0.25) is 15.0 Å². The minimum atomic E-state index is -0.420. The largest absolute Gasteiger partial charge is 0.496 e. The number of ether oxygens (including phenoxy) is 1. The third-order valence-corrected chi connectivity index (χ3v) is 3.53. The minimum Gasteiger partial charge on any atom is -0.496 e. The first-order chi connectivity index (χ1) is 11.1. The van der Waals surface area contributed by atoms with Crippen LogP contribution in [0.4, 0.5) is 5.69 Å². The Kier molecular flexibility index (Phi) is 6.08. The number of aliphatic hydroxyl groups excluding tert-OH is 1. The first kappa shape index (κ1) is 16.9. The quantitative estimate of drug-likeness (QED) is 0.598. The van der Waals surface area contributed by atoms with Gasteiger partial charge in [0.05, 0.1) is 18.6 Å². The van der Waals surface area contributed by atoms with E-state index in [-0.39, 0.29) is 12.3 Å². The van der Waals surface area contributed by atoms with E-state index in [1.807, 2.05) is 35.2 Å². The molecule has 0 bridgehead atoms. The Balaban J connectivity index is 2.21. The number of aliphatic hydroxyl groups is 1. The number of benzene rings is 2. The Morgan fingerprint density at radius 3 is 2.52 bits per heavy atom. The smallest absolute Gasteiger partial charge is 0.270 e. The molecule has 0 saturated carbocycles. The van der Waals surface area contributed by atoms with Gasteiger partial charge in [0.15, 0.2) is 0 Å². The number of nitrogens with zero attached hydrogens (tertiary/aromatic N) is 2. The van der Waals surface area contributed by atoms with Crippen molar-refractivity contribution in [3.8, 4) is 5.75 Å². The van der Waals surface area contributed by atoms with Crippen molar-refractivity contribution in [3.63, 3.8) is 0 Å². The third-order valence-electron chi connectivity index (χ3n) is 3.53. The molecule has 2 aromatic rings. The van der Waals surface area contributed by atoms with E-state index < -0.39 is 4.92 Å². The molecular formula is C17H20N2O4. The van der Waals surface area contributed by atoms with E-state index in [1.54, 1.807) is 6.07 Å². The summed E-state index contributed by atoms with van der Waals surface area (Å²) in [6.45, 7) is 1.60. The molecule has 0 heterocycles. The zero-order chi connectivity index (χ0) is 16.7. The fraction of sp³-hybridized carbons (Fsp3) is 0.294. The number of nitro groups is 1. The zero-order valence-corrected chi connectivity index (χ0v) is 13.0. The van der Waals surface area contributed by atoms with Gasteiger partial charge in [-0.05, 0) is 11.6 Å². The van der Waals surface area contributed by atoms with Crippen LogP contribution in [0, 0.1) is 10.1 Å². The van der Waals surface area contributed by atoms with Crippen LogP contribution in [-0.4, -0.2) is 35.2 Å². The van der Waals surface area contributed by atoms with Crippen molar-refractivity contribution in [1.29, 1.82) is 0 Å². The molecule has 2 aromatic carbocycles. The van der Waals surface area contributed by atoms with Gasteiger partial charge in [-0.2, -0.15) is 0 Å². The van der Waals surface area contributed by atoms with Gasteiger partial charge in [0.25, 0.3) is 5.69 Å². The van der Waals surface area contributed by atoms with Gasteiger partial charge < -0.3 is 9.84 Å². The number of hydrogen-bond donors (Lipinski definition) is 1. The maximum absolute atomic E-state index is 11.0. The molecule has 0 aliphatic heterocycles. The highest BCUT2D eigenvalue weighted by Gasteiger charge is 2.15. The van der Waals surface area contributed by atoms with Crippen molar-refractivity contribution in [2.75, 3.05) is 20.3 Å². The molecule has 0 atom stereocenters. The average Bonchev–Trinajstić information content (AvgIpc) is 2.56. The normalized spacial score (nSPS) is 10.7. The zero-order valence-electron chi connectivity index (χ0n) is 13.0. The van der Waals surface area contributed by atoms with Crippen molar-refractivity contribution in [1.82, 2.24) is 4.90 Å². The van der Waals surface area contributed by atoms with Crippen LogP contribution in [0.2, 0.25) is 0 Å². The van der Waals surface area contributed by atoms with Crippen LogP contribution in [0.3, 0.4) is 0 Å². The SMILES string of the molecule is COc1ccc([N+](=O)[O-])cc1CN(CCO)Cc1ccccc1. The molecule has 122 valence electrons. The monoisotopic (exact) mass is 316 g/mol. The Bertz CT molecular complexity index is 646. The van der Waals surface area contributed by atoms with E-state index in [1.165, 1.54) is 19.2 Å². The summed E-state index contributed by atoms with van der Waals surface area (Å²) in [5.41, 5.74) is 1.88. The number of methoxy groups -OCH3 is 1. The summed E-state index contributed by atoms with van der Waals surface area (Å²) < 4.78 is 5.30. The van der Waals surface area contributed by atoms with Crippen LogP contribution in [0.25, 0.3) is 0 Å². The molecule has 2 rings (SSSR count). The minimum absolute atomic E-state index is 0.0179. The van der Waals surface area contributed by atoms with Gasteiger partial charge in [0.1, 0.15) is 5.75 Å². The molecule has 6 nitrogen and oxygen atoms in total. The third kappa shape index (κ3) is 4.77. The summed E-state index contributed by atoms with van der Waals surface area (Å²) in [5, 5.41) is 20.2. The van der Waals surface area contributed by atoms with Gasteiger partial charge in [0, 0.05) is 37.3 Å². The van der Waals surface area contributed by atoms with Crippen LogP contribution in [0.15, 0.2) is 48.5 Å². The fourth-order valence-electron chi connectivity index (χ4n) is 2.44. The van der Waals surface area contributed by atoms with Crippen LogP contribution >= 0.6 is 0 Å². The highest BCUT2D eigenvalue weighted by molar-refractivity contribution is 5.43. The second-order valence-corrected chi connectivity index (χ2v) is 5.17. The summed E-state index contributed by atoms with van der Waals surface area (Å²) >= 11 is 0. The van der Waals surface area contributed by atoms with E-state index in [0.29, 0.717) is 25.4 Å². The molecular weight excluding hydrogens is 296 g/mol. The lowest BCUT2D eigenvalue weighted by Crippen LogP contribution is -2.26. The molecule has 1 N–H and O–H groups in total. The van der Waals surface area contributed by atoms with Gasteiger partial charge in [-0.15, -0.1) is 0 Å². The van der Waals surface area contributed by atoms with Crippen molar-refractivity contribution in [3.05, 3.63) is 69.8 Å². The van der Waals surface area contributed by atoms with Gasteiger partial charge in [-0.25, -0.2) is 0 Å². The van der Waals surface area contributed by atoms with E-state index >= 15 is 0 Å². The summed E-state index contributed by atoms with van der Waals surface area (Å²) in [6, 6.07) is 14.4. The lowest BCUT2D eigenvalue weighted by molar-refractivity contribution is -0.385. The Labute approximate surface area is 135 Å². The van der Waals surface area contributed by atoms with Crippen LogP contribution in [0.1, 0.15) is 11.1 Å². The number of hydrogen-bond acceptors (Lipinski definition) is 5. The van der Waals surface area contributed by atoms with E-state index in [2.05, 4.69) is 0 Å². The molecule has 0 spiro atoms. The maximum atomic E-state index is 11.0. The molecule has 0 aliphatic carbocycles. The Morgan fingerprint density at radius 2 is 1.91 bits per heavy atom. The lowest BCUT2D eigenvalue weighted by atomic mass is 10.1. The second kappa shape index (κ2) is 8.26. The molecule has 6 heteroatoms. The molecule has 0 unspecified atom stereocenters. The van der Waals surface area contributed by atoms with E-state index in [4.69, 9.17) is 4.74 Å². The van der Waals surface area contributed by atoms with Gasteiger partial charge in [0.2, 0.25) is 0 Å². The molecule has 0 saturated heterocycles.